The summed E-state index contributed by atoms with van der Waals surface area (Å²) < 4.78 is 10.8. The number of aromatic nitrogens is 2. The van der Waals surface area contributed by atoms with E-state index in [2.05, 4.69) is 15.3 Å². The maximum absolute atomic E-state index is 12.3. The van der Waals surface area contributed by atoms with Crippen LogP contribution >= 0.6 is 0 Å². The van der Waals surface area contributed by atoms with Crippen molar-refractivity contribution in [3.63, 3.8) is 0 Å². The largest absolute Gasteiger partial charge is 0.489 e. The maximum atomic E-state index is 12.3. The lowest BCUT2D eigenvalue weighted by Crippen LogP contribution is -2.33. The maximum Gasteiger partial charge on any atom is 0.328 e. The fraction of sp³-hybridized carbons (Fsp3) is 0.148. The number of carbonyl (C=O) groups excluding carboxylic acids is 1. The van der Waals surface area contributed by atoms with Crippen LogP contribution in [0.2, 0.25) is 0 Å². The van der Waals surface area contributed by atoms with Crippen LogP contribution in [0.3, 0.4) is 0 Å². The molecule has 0 aliphatic heterocycles. The Morgan fingerprint density at radius 1 is 0.879 bits per heavy atom. The Kier molecular flexibility index (Phi) is 7.28. The van der Waals surface area contributed by atoms with Gasteiger partial charge in [-0.3, -0.25) is 0 Å². The van der Waals surface area contributed by atoms with Crippen molar-refractivity contribution in [2.24, 2.45) is 0 Å². The third-order valence-electron chi connectivity index (χ3n) is 5.16. The van der Waals surface area contributed by atoms with E-state index in [0.717, 1.165) is 28.1 Å². The molecule has 0 saturated carbocycles. The zero-order valence-corrected chi connectivity index (χ0v) is 18.3. The van der Waals surface area contributed by atoms with Crippen LogP contribution < -0.4 is 10.1 Å². The molecular weight excluding hydrogens is 414 g/mol. The number of anilines is 1. The van der Waals surface area contributed by atoms with E-state index < -0.39 is 6.04 Å². The van der Waals surface area contributed by atoms with Crippen molar-refractivity contribution in [3.05, 3.63) is 108 Å². The zero-order valence-electron chi connectivity index (χ0n) is 18.3. The van der Waals surface area contributed by atoms with Gasteiger partial charge in [0.15, 0.2) is 0 Å². The molecule has 0 aliphatic rings. The van der Waals surface area contributed by atoms with Crippen LogP contribution in [0, 0.1) is 0 Å². The first-order valence-electron chi connectivity index (χ1n) is 10.7. The lowest BCUT2D eigenvalue weighted by Gasteiger charge is -2.17. The Bertz CT molecular complexity index is 1170. The molecule has 0 unspecified atom stereocenters. The molecule has 0 amide bonds. The molecule has 6 nitrogen and oxygen atoms in total. The molecule has 0 bridgehead atoms. The quantitative estimate of drug-likeness (QED) is 0.373. The Morgan fingerprint density at radius 2 is 1.55 bits per heavy atom. The lowest BCUT2D eigenvalue weighted by atomic mass is 10.1. The molecule has 1 heterocycles. The molecule has 33 heavy (non-hydrogen) atoms. The monoisotopic (exact) mass is 439 g/mol. The van der Waals surface area contributed by atoms with Gasteiger partial charge in [-0.1, -0.05) is 60.7 Å². The van der Waals surface area contributed by atoms with Crippen molar-refractivity contribution in [2.45, 2.75) is 19.1 Å². The average Bonchev–Trinajstić information content (AvgIpc) is 2.88. The summed E-state index contributed by atoms with van der Waals surface area (Å²) in [5.41, 5.74) is 3.81. The first kappa shape index (κ1) is 22.0. The number of nitrogens with one attached hydrogen (secondary N) is 1. The minimum absolute atomic E-state index is 0.348. The van der Waals surface area contributed by atoms with Crippen molar-refractivity contribution >= 4 is 11.8 Å². The molecule has 0 radical (unpaired) electrons. The molecule has 1 aromatic heterocycles. The molecule has 4 aromatic rings. The van der Waals surface area contributed by atoms with Crippen molar-refractivity contribution in [2.75, 3.05) is 12.4 Å². The number of esters is 1. The summed E-state index contributed by atoms with van der Waals surface area (Å²) in [5, 5.41) is 3.19. The second kappa shape index (κ2) is 10.9. The molecular formula is C27H25N3O3. The number of methoxy groups -OCH3 is 1. The van der Waals surface area contributed by atoms with Gasteiger partial charge in [0.25, 0.3) is 0 Å². The summed E-state index contributed by atoms with van der Waals surface area (Å²) in [4.78, 5) is 21.0. The fourth-order valence-electron chi connectivity index (χ4n) is 3.42. The second-order valence-corrected chi connectivity index (χ2v) is 7.50. The highest BCUT2D eigenvalue weighted by atomic mass is 16.5. The Morgan fingerprint density at radius 3 is 2.21 bits per heavy atom. The van der Waals surface area contributed by atoms with Gasteiger partial charge in [-0.15, -0.1) is 0 Å². The smallest absolute Gasteiger partial charge is 0.328 e. The van der Waals surface area contributed by atoms with E-state index in [-0.39, 0.29) is 5.97 Å². The molecule has 1 atom stereocenters. The number of carbonyl (C=O) groups is 1. The van der Waals surface area contributed by atoms with Gasteiger partial charge in [-0.25, -0.2) is 14.8 Å². The van der Waals surface area contributed by atoms with E-state index in [1.54, 1.807) is 0 Å². The van der Waals surface area contributed by atoms with Crippen molar-refractivity contribution in [3.8, 4) is 17.0 Å². The number of hydrogen-bond donors (Lipinski definition) is 1. The van der Waals surface area contributed by atoms with Crippen molar-refractivity contribution in [1.29, 1.82) is 0 Å². The lowest BCUT2D eigenvalue weighted by molar-refractivity contribution is -0.141. The third-order valence-corrected chi connectivity index (χ3v) is 5.16. The molecule has 0 spiro atoms. The van der Waals surface area contributed by atoms with Gasteiger partial charge in [-0.2, -0.15) is 0 Å². The first-order chi connectivity index (χ1) is 16.2. The minimum Gasteiger partial charge on any atom is -0.489 e. The van der Waals surface area contributed by atoms with Gasteiger partial charge >= 0.3 is 5.97 Å². The molecule has 6 heteroatoms. The van der Waals surface area contributed by atoms with Gasteiger partial charge in [0.05, 0.1) is 12.8 Å². The fourth-order valence-corrected chi connectivity index (χ4v) is 3.42. The average molecular weight is 440 g/mol. The van der Waals surface area contributed by atoms with Gasteiger partial charge in [0.2, 0.25) is 0 Å². The van der Waals surface area contributed by atoms with Crippen molar-refractivity contribution < 1.29 is 14.3 Å². The van der Waals surface area contributed by atoms with Crippen LogP contribution in [-0.4, -0.2) is 29.1 Å². The van der Waals surface area contributed by atoms with E-state index in [1.807, 2.05) is 91.0 Å². The minimum atomic E-state index is -0.561. The van der Waals surface area contributed by atoms with Crippen LogP contribution in [0.1, 0.15) is 11.1 Å². The number of hydrogen-bond acceptors (Lipinski definition) is 6. The number of rotatable bonds is 9. The van der Waals surface area contributed by atoms with E-state index in [1.165, 1.54) is 13.4 Å². The van der Waals surface area contributed by atoms with E-state index in [0.29, 0.717) is 18.8 Å². The summed E-state index contributed by atoms with van der Waals surface area (Å²) in [6.45, 7) is 0.512. The van der Waals surface area contributed by atoms with E-state index >= 15 is 0 Å². The summed E-state index contributed by atoms with van der Waals surface area (Å²) in [6.07, 6.45) is 1.97. The van der Waals surface area contributed by atoms with Gasteiger partial charge < -0.3 is 14.8 Å². The van der Waals surface area contributed by atoms with Crippen LogP contribution in [0.25, 0.3) is 11.3 Å². The van der Waals surface area contributed by atoms with Crippen LogP contribution in [0.15, 0.2) is 97.3 Å². The Balaban J connectivity index is 1.44. The normalized spacial score (nSPS) is 11.4. The van der Waals surface area contributed by atoms with Gasteiger partial charge in [0, 0.05) is 18.1 Å². The predicted molar refractivity (Wildman–Crippen MR) is 128 cm³/mol. The van der Waals surface area contributed by atoms with E-state index in [4.69, 9.17) is 9.47 Å². The molecule has 0 aliphatic carbocycles. The van der Waals surface area contributed by atoms with Crippen molar-refractivity contribution in [1.82, 2.24) is 9.97 Å². The topological polar surface area (TPSA) is 73.3 Å². The highest BCUT2D eigenvalue weighted by molar-refractivity contribution is 5.79. The van der Waals surface area contributed by atoms with Crippen LogP contribution in [-0.2, 0) is 22.6 Å². The zero-order chi connectivity index (χ0) is 22.9. The van der Waals surface area contributed by atoms with Gasteiger partial charge in [-0.05, 0) is 35.4 Å². The van der Waals surface area contributed by atoms with Gasteiger partial charge in [0.1, 0.15) is 30.5 Å². The summed E-state index contributed by atoms with van der Waals surface area (Å²) in [5.74, 6) is 0.985. The standard InChI is InChI=1S/C27H25N3O3/c1-32-27(31)25(16-20-8-4-2-5-9-20)30-26-17-24(28-19-29-26)22-12-14-23(15-13-22)33-18-21-10-6-3-7-11-21/h2-15,17,19,25H,16,18H2,1H3,(H,28,29,30)/t25-/m0/s1. The first-order valence-corrected chi connectivity index (χ1v) is 10.7. The third kappa shape index (κ3) is 6.17. The van der Waals surface area contributed by atoms with E-state index in [9.17, 15) is 4.79 Å². The summed E-state index contributed by atoms with van der Waals surface area (Å²) in [7, 11) is 1.38. The summed E-state index contributed by atoms with van der Waals surface area (Å²) in [6, 6.07) is 28.8. The molecule has 0 fully saturated rings. The number of nitrogens with zero attached hydrogens (tertiary/aromatic N) is 2. The highest BCUT2D eigenvalue weighted by Gasteiger charge is 2.20. The number of ether oxygens (including phenoxy) is 2. The molecule has 166 valence electrons. The molecule has 3 aromatic carbocycles. The SMILES string of the molecule is COC(=O)[C@H](Cc1ccccc1)Nc1cc(-c2ccc(OCc3ccccc3)cc2)ncn1. The highest BCUT2D eigenvalue weighted by Crippen LogP contribution is 2.23. The second-order valence-electron chi connectivity index (χ2n) is 7.50. The Hall–Kier alpha value is -4.19. The Labute approximate surface area is 193 Å². The van der Waals surface area contributed by atoms with Crippen LogP contribution in [0.5, 0.6) is 5.75 Å². The molecule has 4 rings (SSSR count). The molecule has 1 N–H and O–H groups in total. The molecule has 0 saturated heterocycles. The predicted octanol–water partition coefficient (Wildman–Crippen LogP) is 4.92. The number of benzene rings is 3. The summed E-state index contributed by atoms with van der Waals surface area (Å²) >= 11 is 0. The van der Waals surface area contributed by atoms with Crippen LogP contribution in [0.4, 0.5) is 5.82 Å².